The summed E-state index contributed by atoms with van der Waals surface area (Å²) in [6.45, 7) is 0. The molecule has 0 aliphatic heterocycles. The van der Waals surface area contributed by atoms with Gasteiger partial charge < -0.3 is 0 Å². The highest BCUT2D eigenvalue weighted by molar-refractivity contribution is 6.25. The van der Waals surface area contributed by atoms with Gasteiger partial charge in [0.2, 0.25) is 0 Å². The van der Waals surface area contributed by atoms with Gasteiger partial charge in [0.1, 0.15) is 0 Å². The van der Waals surface area contributed by atoms with Crippen LogP contribution in [0.15, 0.2) is 182 Å². The van der Waals surface area contributed by atoms with E-state index in [0.29, 0.717) is 0 Å². The molecule has 0 saturated carbocycles. The van der Waals surface area contributed by atoms with Crippen LogP contribution in [0.1, 0.15) is 0 Å². The summed E-state index contributed by atoms with van der Waals surface area (Å²) in [7, 11) is 0. The van der Waals surface area contributed by atoms with Crippen LogP contribution >= 0.6 is 0 Å². The summed E-state index contributed by atoms with van der Waals surface area (Å²) in [4.78, 5) is 0. The third kappa shape index (κ3) is 4.10. The molecular weight excluding hydrogens is 577 g/mol. The van der Waals surface area contributed by atoms with Crippen molar-refractivity contribution in [3.8, 4) is 33.4 Å². The predicted molar refractivity (Wildman–Crippen MR) is 208 cm³/mol. The Balaban J connectivity index is 1.24. The minimum Gasteiger partial charge on any atom is -0.0616 e. The Kier molecular flexibility index (Phi) is 5.98. The number of hydrogen-bond donors (Lipinski definition) is 0. The quantitative estimate of drug-likeness (QED) is 0.139. The van der Waals surface area contributed by atoms with Gasteiger partial charge in [-0.1, -0.05) is 164 Å². The minimum absolute atomic E-state index is 1.22. The summed E-state index contributed by atoms with van der Waals surface area (Å²) in [5.41, 5.74) is 7.54. The molecule has 48 heavy (non-hydrogen) atoms. The second-order valence-corrected chi connectivity index (χ2v) is 12.8. The highest BCUT2D eigenvalue weighted by Crippen LogP contribution is 2.47. The molecule has 0 heterocycles. The Morgan fingerprint density at radius 3 is 1.35 bits per heavy atom. The van der Waals surface area contributed by atoms with Gasteiger partial charge in [-0.2, -0.15) is 0 Å². The first kappa shape index (κ1) is 26.9. The molecule has 0 aromatic heterocycles. The van der Waals surface area contributed by atoms with Gasteiger partial charge in [0.15, 0.2) is 0 Å². The van der Waals surface area contributed by atoms with E-state index in [9.17, 15) is 0 Å². The summed E-state index contributed by atoms with van der Waals surface area (Å²) in [5.74, 6) is 0. The molecule has 0 bridgehead atoms. The first-order chi connectivity index (χ1) is 23.8. The molecular formula is C48H30. The highest BCUT2D eigenvalue weighted by Gasteiger charge is 2.19. The normalized spacial score (nSPS) is 11.8. The molecule has 0 unspecified atom stereocenters. The Morgan fingerprint density at radius 1 is 0.208 bits per heavy atom. The number of rotatable bonds is 3. The average molecular weight is 607 g/mol. The van der Waals surface area contributed by atoms with E-state index in [4.69, 9.17) is 0 Å². The summed E-state index contributed by atoms with van der Waals surface area (Å²) < 4.78 is 0. The van der Waals surface area contributed by atoms with Crippen molar-refractivity contribution in [2.24, 2.45) is 0 Å². The van der Waals surface area contributed by atoms with Gasteiger partial charge in [-0.25, -0.2) is 0 Å². The van der Waals surface area contributed by atoms with E-state index in [-0.39, 0.29) is 0 Å². The predicted octanol–water partition coefficient (Wildman–Crippen LogP) is 13.6. The lowest BCUT2D eigenvalue weighted by Crippen LogP contribution is -1.92. The molecule has 0 radical (unpaired) electrons. The van der Waals surface area contributed by atoms with E-state index in [1.165, 1.54) is 98.0 Å². The molecule has 10 rings (SSSR count). The van der Waals surface area contributed by atoms with Crippen molar-refractivity contribution < 1.29 is 0 Å². The monoisotopic (exact) mass is 606 g/mol. The van der Waals surface area contributed by atoms with Crippen molar-refractivity contribution >= 4 is 64.6 Å². The van der Waals surface area contributed by atoms with Crippen LogP contribution in [0, 0.1) is 0 Å². The zero-order valence-corrected chi connectivity index (χ0v) is 26.3. The maximum Gasteiger partial charge on any atom is -0.00199 e. The van der Waals surface area contributed by atoms with Crippen LogP contribution in [0.4, 0.5) is 0 Å². The second kappa shape index (κ2) is 10.7. The van der Waals surface area contributed by atoms with Gasteiger partial charge in [-0.15, -0.1) is 0 Å². The molecule has 0 spiro atoms. The second-order valence-electron chi connectivity index (χ2n) is 12.8. The lowest BCUT2D eigenvalue weighted by atomic mass is 9.83. The van der Waals surface area contributed by atoms with Crippen LogP contribution in [-0.4, -0.2) is 0 Å². The Morgan fingerprint density at radius 2 is 0.667 bits per heavy atom. The lowest BCUT2D eigenvalue weighted by molar-refractivity contribution is 1.63. The molecule has 0 saturated heterocycles. The first-order valence-corrected chi connectivity index (χ1v) is 16.7. The third-order valence-corrected chi connectivity index (χ3v) is 10.2. The molecule has 10 aromatic rings. The molecule has 10 aromatic carbocycles. The molecule has 0 aliphatic carbocycles. The minimum atomic E-state index is 1.22. The van der Waals surface area contributed by atoms with E-state index in [0.717, 1.165) is 0 Å². The summed E-state index contributed by atoms with van der Waals surface area (Å²) in [6.07, 6.45) is 0. The van der Waals surface area contributed by atoms with Crippen molar-refractivity contribution in [2.75, 3.05) is 0 Å². The number of fused-ring (bicyclic) bond motifs is 8. The Bertz CT molecular complexity index is 2830. The van der Waals surface area contributed by atoms with Crippen molar-refractivity contribution in [2.45, 2.75) is 0 Å². The van der Waals surface area contributed by atoms with Gasteiger partial charge in [0.05, 0.1) is 0 Å². The van der Waals surface area contributed by atoms with Gasteiger partial charge in [-0.05, 0) is 116 Å². The van der Waals surface area contributed by atoms with Crippen LogP contribution in [0.2, 0.25) is 0 Å². The summed E-state index contributed by atoms with van der Waals surface area (Å²) >= 11 is 0. The average Bonchev–Trinajstić information content (AvgIpc) is 3.16. The maximum absolute atomic E-state index is 2.40. The molecule has 0 atom stereocenters. The summed E-state index contributed by atoms with van der Waals surface area (Å²) in [5, 5.41) is 15.3. The fourth-order valence-corrected chi connectivity index (χ4v) is 8.03. The molecule has 0 heteroatoms. The summed E-state index contributed by atoms with van der Waals surface area (Å²) in [6, 6.07) is 67.1. The molecule has 0 nitrogen and oxygen atoms in total. The van der Waals surface area contributed by atoms with Crippen LogP contribution in [0.3, 0.4) is 0 Å². The van der Waals surface area contributed by atoms with Crippen LogP contribution in [-0.2, 0) is 0 Å². The molecule has 0 aliphatic rings. The molecule has 0 fully saturated rings. The number of benzene rings is 10. The topological polar surface area (TPSA) is 0 Å². The van der Waals surface area contributed by atoms with Crippen LogP contribution in [0.25, 0.3) is 98.0 Å². The van der Waals surface area contributed by atoms with E-state index in [2.05, 4.69) is 182 Å². The SMILES string of the molecule is c1cc(-c2ccc3ccc4ccccc4c3c2)cc(-c2c3ccccc3c(-c3cc4ccccc4c4ccccc34)c3ccccc23)c1. The standard InChI is InChI=1S/C48H30/c1-3-16-37-31(12-1)24-25-32-26-27-34(29-45(32)37)33-14-11-15-36(28-33)47-41-20-7-9-22-43(41)48(44-23-10-8-21-42(44)47)46-30-35-13-2-4-17-38(35)39-18-5-6-19-40(39)46/h1-30H. The maximum atomic E-state index is 2.40. The van der Waals surface area contributed by atoms with E-state index in [1.807, 2.05) is 0 Å². The van der Waals surface area contributed by atoms with Crippen LogP contribution in [0.5, 0.6) is 0 Å². The van der Waals surface area contributed by atoms with E-state index in [1.54, 1.807) is 0 Å². The largest absolute Gasteiger partial charge is 0.0616 e. The van der Waals surface area contributed by atoms with Gasteiger partial charge in [0.25, 0.3) is 0 Å². The lowest BCUT2D eigenvalue weighted by Gasteiger charge is -2.20. The zero-order chi connectivity index (χ0) is 31.6. The van der Waals surface area contributed by atoms with Crippen molar-refractivity contribution in [1.82, 2.24) is 0 Å². The van der Waals surface area contributed by atoms with Gasteiger partial charge in [-0.3, -0.25) is 0 Å². The van der Waals surface area contributed by atoms with Crippen molar-refractivity contribution in [3.05, 3.63) is 182 Å². The van der Waals surface area contributed by atoms with Crippen molar-refractivity contribution in [1.29, 1.82) is 0 Å². The third-order valence-electron chi connectivity index (χ3n) is 10.2. The van der Waals surface area contributed by atoms with Crippen LogP contribution < -0.4 is 0 Å². The molecule has 0 N–H and O–H groups in total. The molecule has 222 valence electrons. The van der Waals surface area contributed by atoms with Gasteiger partial charge in [0, 0.05) is 0 Å². The Hall–Kier alpha value is -6.24. The first-order valence-electron chi connectivity index (χ1n) is 16.7. The van der Waals surface area contributed by atoms with Gasteiger partial charge >= 0.3 is 0 Å². The fraction of sp³-hybridized carbons (Fsp3) is 0. The van der Waals surface area contributed by atoms with E-state index >= 15 is 0 Å². The zero-order valence-electron chi connectivity index (χ0n) is 26.3. The Labute approximate surface area is 279 Å². The highest BCUT2D eigenvalue weighted by atomic mass is 14.2. The number of hydrogen-bond acceptors (Lipinski definition) is 0. The van der Waals surface area contributed by atoms with Crippen molar-refractivity contribution in [3.63, 3.8) is 0 Å². The molecule has 0 amide bonds. The van der Waals surface area contributed by atoms with E-state index < -0.39 is 0 Å². The smallest absolute Gasteiger partial charge is 0.00199 e. The fourth-order valence-electron chi connectivity index (χ4n) is 8.03.